The average molecular weight is 508 g/mol. The van der Waals surface area contributed by atoms with E-state index in [9.17, 15) is 19.2 Å². The minimum atomic E-state index is -1.24. The molecule has 0 unspecified atom stereocenters. The van der Waals surface area contributed by atoms with Gasteiger partial charge in [-0.15, -0.1) is 0 Å². The van der Waals surface area contributed by atoms with Crippen molar-refractivity contribution in [1.29, 1.82) is 5.41 Å². The first kappa shape index (κ1) is 30.8. The van der Waals surface area contributed by atoms with Crippen molar-refractivity contribution in [3.8, 4) is 0 Å². The van der Waals surface area contributed by atoms with Crippen molar-refractivity contribution in [1.82, 2.24) is 21.3 Å². The van der Waals surface area contributed by atoms with Gasteiger partial charge in [0.1, 0.15) is 18.1 Å². The van der Waals surface area contributed by atoms with E-state index in [4.69, 9.17) is 22.0 Å². The van der Waals surface area contributed by atoms with Gasteiger partial charge in [-0.2, -0.15) is 25.3 Å². The molecule has 0 fully saturated rings. The number of carboxylic acid groups (broad SMARTS) is 1. The molecule has 0 bridgehead atoms. The molecule has 0 aliphatic carbocycles. The smallest absolute Gasteiger partial charge is 0.327 e. The molecule has 33 heavy (non-hydrogen) atoms. The van der Waals surface area contributed by atoms with Crippen molar-refractivity contribution in [3.63, 3.8) is 0 Å². The highest BCUT2D eigenvalue weighted by molar-refractivity contribution is 7.80. The predicted octanol–water partition coefficient (Wildman–Crippen LogP) is -1.59. The monoisotopic (exact) mass is 507 g/mol. The largest absolute Gasteiger partial charge is 0.480 e. The summed E-state index contributed by atoms with van der Waals surface area (Å²) in [6.07, 6.45) is 1.15. The summed E-state index contributed by atoms with van der Waals surface area (Å²) in [5.74, 6) is -2.98. The third kappa shape index (κ3) is 13.2. The van der Waals surface area contributed by atoms with Gasteiger partial charge in [0.05, 0.1) is 6.04 Å². The lowest BCUT2D eigenvalue weighted by Gasteiger charge is -2.26. The Balaban J connectivity index is 5.43. The van der Waals surface area contributed by atoms with Crippen LogP contribution in [0.1, 0.15) is 39.5 Å². The highest BCUT2D eigenvalue weighted by Gasteiger charge is 2.30. The molecule has 3 amide bonds. The van der Waals surface area contributed by atoms with E-state index in [0.29, 0.717) is 25.1 Å². The second-order valence-corrected chi connectivity index (χ2v) is 8.75. The fourth-order valence-corrected chi connectivity index (χ4v) is 3.31. The topological polar surface area (TPSA) is 213 Å². The quantitative estimate of drug-likeness (QED) is 0.0508. The molecule has 0 aliphatic heterocycles. The Kier molecular flexibility index (Phi) is 15.3. The maximum absolute atomic E-state index is 13.0. The fourth-order valence-electron chi connectivity index (χ4n) is 2.78. The summed E-state index contributed by atoms with van der Waals surface area (Å²) < 4.78 is 0. The van der Waals surface area contributed by atoms with Gasteiger partial charge < -0.3 is 37.8 Å². The Bertz CT molecular complexity index is 681. The average Bonchev–Trinajstić information content (AvgIpc) is 2.72. The van der Waals surface area contributed by atoms with Crippen LogP contribution in [0.15, 0.2) is 0 Å². The normalized spacial score (nSPS) is 14.5. The molecule has 0 radical (unpaired) electrons. The number of nitrogens with one attached hydrogen (secondary N) is 5. The molecule has 0 aromatic rings. The molecule has 0 saturated carbocycles. The Morgan fingerprint density at radius 1 is 0.939 bits per heavy atom. The highest BCUT2D eigenvalue weighted by atomic mass is 32.1. The van der Waals surface area contributed by atoms with Crippen LogP contribution < -0.4 is 32.7 Å². The SMILES string of the molecule is CC(C)C[C@H](NC(=O)[C@H](CCCNC(=N)N)NC(=O)[C@@H](N)CCS)C(=O)N[C@H](CS)C(=O)O. The maximum atomic E-state index is 13.0. The van der Waals surface area contributed by atoms with Gasteiger partial charge in [-0.3, -0.25) is 19.8 Å². The van der Waals surface area contributed by atoms with E-state index in [1.165, 1.54) is 0 Å². The number of carbonyl (C=O) groups excluding carboxylic acids is 3. The van der Waals surface area contributed by atoms with Crippen molar-refractivity contribution in [2.45, 2.75) is 63.7 Å². The first-order valence-corrected chi connectivity index (χ1v) is 11.9. The summed E-state index contributed by atoms with van der Waals surface area (Å²) in [5, 5.41) is 26.5. The van der Waals surface area contributed by atoms with Crippen LogP contribution in [0, 0.1) is 11.3 Å². The summed E-state index contributed by atoms with van der Waals surface area (Å²) in [4.78, 5) is 49.3. The second kappa shape index (κ2) is 16.4. The summed E-state index contributed by atoms with van der Waals surface area (Å²) in [6, 6.07) is -4.07. The molecule has 10 N–H and O–H groups in total. The van der Waals surface area contributed by atoms with Gasteiger partial charge >= 0.3 is 5.97 Å². The van der Waals surface area contributed by atoms with Crippen molar-refractivity contribution in [3.05, 3.63) is 0 Å². The van der Waals surface area contributed by atoms with E-state index in [0.717, 1.165) is 0 Å². The molecular weight excluding hydrogens is 470 g/mol. The maximum Gasteiger partial charge on any atom is 0.327 e. The minimum absolute atomic E-state index is 0.0111. The third-order valence-corrected chi connectivity index (χ3v) is 5.16. The summed E-state index contributed by atoms with van der Waals surface area (Å²) >= 11 is 7.98. The molecule has 0 rings (SSSR count). The number of carbonyl (C=O) groups is 4. The number of hydrogen-bond donors (Lipinski definition) is 10. The highest BCUT2D eigenvalue weighted by Crippen LogP contribution is 2.08. The molecule has 0 saturated heterocycles. The lowest BCUT2D eigenvalue weighted by Crippen LogP contribution is -2.57. The van der Waals surface area contributed by atoms with E-state index in [-0.39, 0.29) is 30.5 Å². The van der Waals surface area contributed by atoms with Gasteiger partial charge in [0.15, 0.2) is 5.96 Å². The zero-order chi connectivity index (χ0) is 25.6. The Labute approximate surface area is 205 Å². The molecule has 0 aromatic heterocycles. The molecule has 4 atom stereocenters. The summed E-state index contributed by atoms with van der Waals surface area (Å²) in [6.45, 7) is 4.00. The van der Waals surface area contributed by atoms with E-state index in [2.05, 4.69) is 46.5 Å². The molecule has 0 spiro atoms. The van der Waals surface area contributed by atoms with Crippen LogP contribution in [0.4, 0.5) is 0 Å². The van der Waals surface area contributed by atoms with Crippen LogP contribution in [0.2, 0.25) is 0 Å². The number of thiol groups is 2. The van der Waals surface area contributed by atoms with Crippen molar-refractivity contribution < 1.29 is 24.3 Å². The van der Waals surface area contributed by atoms with Crippen LogP contribution >= 0.6 is 25.3 Å². The first-order chi connectivity index (χ1) is 15.4. The molecule has 190 valence electrons. The Morgan fingerprint density at radius 2 is 1.48 bits per heavy atom. The molecule has 14 heteroatoms. The second-order valence-electron chi connectivity index (χ2n) is 7.94. The van der Waals surface area contributed by atoms with Gasteiger partial charge in [-0.05, 0) is 37.4 Å². The first-order valence-electron chi connectivity index (χ1n) is 10.6. The van der Waals surface area contributed by atoms with Crippen molar-refractivity contribution in [2.75, 3.05) is 18.1 Å². The molecule has 0 aromatic carbocycles. The number of rotatable bonds is 16. The van der Waals surface area contributed by atoms with E-state index in [1.54, 1.807) is 0 Å². The summed E-state index contributed by atoms with van der Waals surface area (Å²) in [5.41, 5.74) is 11.1. The number of amides is 3. The molecule has 0 aliphatic rings. The zero-order valence-electron chi connectivity index (χ0n) is 19.0. The number of hydrogen-bond acceptors (Lipinski definition) is 8. The number of guanidine groups is 1. The predicted molar refractivity (Wildman–Crippen MR) is 132 cm³/mol. The van der Waals surface area contributed by atoms with Gasteiger partial charge in [-0.25, -0.2) is 4.79 Å². The van der Waals surface area contributed by atoms with E-state index < -0.39 is 47.9 Å². The summed E-state index contributed by atoms with van der Waals surface area (Å²) in [7, 11) is 0. The van der Waals surface area contributed by atoms with Gasteiger partial charge in [0.2, 0.25) is 17.7 Å². The van der Waals surface area contributed by atoms with E-state index in [1.807, 2.05) is 13.8 Å². The van der Waals surface area contributed by atoms with Crippen LogP contribution in [-0.2, 0) is 19.2 Å². The van der Waals surface area contributed by atoms with Crippen molar-refractivity contribution >= 4 is 54.9 Å². The Morgan fingerprint density at radius 3 is 1.97 bits per heavy atom. The lowest BCUT2D eigenvalue weighted by atomic mass is 10.0. The van der Waals surface area contributed by atoms with Crippen LogP contribution in [0.3, 0.4) is 0 Å². The number of aliphatic carboxylic acids is 1. The van der Waals surface area contributed by atoms with Crippen LogP contribution in [0.5, 0.6) is 0 Å². The number of nitrogens with two attached hydrogens (primary N) is 2. The van der Waals surface area contributed by atoms with E-state index >= 15 is 0 Å². The van der Waals surface area contributed by atoms with Crippen LogP contribution in [-0.4, -0.2) is 77.0 Å². The molecule has 0 heterocycles. The lowest BCUT2D eigenvalue weighted by molar-refractivity contribution is -0.141. The third-order valence-electron chi connectivity index (χ3n) is 4.53. The standard InChI is InChI=1S/C19H37N7O5S2/c1-10(2)8-13(17(29)26-14(9-33)18(30)31)25-16(28)12(4-3-6-23-19(21)22)24-15(27)11(20)5-7-32/h10-14,32-33H,3-9,20H2,1-2H3,(H,24,27)(H,25,28)(H,26,29)(H,30,31)(H4,21,22,23)/t11-,12-,13-,14+/m0/s1. The Hall–Kier alpha value is -2.19. The fraction of sp³-hybridized carbons (Fsp3) is 0.737. The minimum Gasteiger partial charge on any atom is -0.480 e. The number of carboxylic acids is 1. The van der Waals surface area contributed by atoms with Gasteiger partial charge in [-0.1, -0.05) is 13.8 Å². The van der Waals surface area contributed by atoms with Gasteiger partial charge in [0.25, 0.3) is 0 Å². The van der Waals surface area contributed by atoms with Crippen molar-refractivity contribution in [2.24, 2.45) is 17.4 Å². The van der Waals surface area contributed by atoms with Crippen LogP contribution in [0.25, 0.3) is 0 Å². The molecular formula is C19H37N7O5S2. The van der Waals surface area contributed by atoms with Gasteiger partial charge in [0, 0.05) is 12.3 Å². The molecule has 12 nitrogen and oxygen atoms in total. The zero-order valence-corrected chi connectivity index (χ0v) is 20.8.